The molecule has 0 amide bonds. The highest BCUT2D eigenvalue weighted by Gasteiger charge is 2.16. The maximum absolute atomic E-state index is 10.0. The van der Waals surface area contributed by atoms with Gasteiger partial charge in [0.2, 0.25) is 5.13 Å². The molecule has 0 saturated carbocycles. The van der Waals surface area contributed by atoms with Crippen LogP contribution in [0.2, 0.25) is 0 Å². The van der Waals surface area contributed by atoms with Crippen molar-refractivity contribution in [2.24, 2.45) is 5.10 Å². The molecule has 1 aromatic heterocycles. The summed E-state index contributed by atoms with van der Waals surface area (Å²) < 4.78 is 0. The zero-order chi connectivity index (χ0) is 19.4. The number of rotatable bonds is 6. The summed E-state index contributed by atoms with van der Waals surface area (Å²) >= 11 is 1.44. The predicted octanol–water partition coefficient (Wildman–Crippen LogP) is 5.32. The monoisotopic (exact) mass is 377 g/mol. The summed E-state index contributed by atoms with van der Waals surface area (Å²) in [6, 6.07) is 12.1. The van der Waals surface area contributed by atoms with Gasteiger partial charge in [-0.2, -0.15) is 5.10 Å². The summed E-state index contributed by atoms with van der Waals surface area (Å²) in [5.41, 5.74) is 3.01. The Hall–Kier alpha value is -3.38. The van der Waals surface area contributed by atoms with Gasteiger partial charge in [0.1, 0.15) is 11.5 Å². The van der Waals surface area contributed by atoms with Crippen LogP contribution < -0.4 is 5.01 Å². The number of hydrazone groups is 1. The van der Waals surface area contributed by atoms with Crippen LogP contribution in [-0.4, -0.2) is 21.4 Å². The lowest BCUT2D eigenvalue weighted by Gasteiger charge is -2.18. The van der Waals surface area contributed by atoms with Crippen LogP contribution >= 0.6 is 11.3 Å². The van der Waals surface area contributed by atoms with E-state index in [1.54, 1.807) is 17.2 Å². The molecule has 0 spiro atoms. The number of aryl methyl sites for hydroxylation is 1. The molecule has 3 aromatic rings. The molecule has 0 aliphatic rings. The zero-order valence-corrected chi connectivity index (χ0v) is 15.6. The van der Waals surface area contributed by atoms with Crippen molar-refractivity contribution < 1.29 is 10.2 Å². The Morgan fingerprint density at radius 2 is 1.89 bits per heavy atom. The van der Waals surface area contributed by atoms with Crippen molar-refractivity contribution in [1.82, 2.24) is 4.98 Å². The average molecular weight is 377 g/mol. The van der Waals surface area contributed by atoms with E-state index in [-0.39, 0.29) is 11.5 Å². The second-order valence-electron chi connectivity index (χ2n) is 5.74. The quantitative estimate of drug-likeness (QED) is 0.346. The highest BCUT2D eigenvalue weighted by atomic mass is 32.1. The molecule has 0 aliphatic carbocycles. The van der Waals surface area contributed by atoms with E-state index in [0.717, 1.165) is 21.8 Å². The van der Waals surface area contributed by atoms with Gasteiger partial charge in [0, 0.05) is 5.56 Å². The van der Waals surface area contributed by atoms with E-state index in [4.69, 9.17) is 0 Å². The van der Waals surface area contributed by atoms with Crippen molar-refractivity contribution in [3.05, 3.63) is 77.3 Å². The van der Waals surface area contributed by atoms with Gasteiger partial charge in [-0.25, -0.2) is 9.99 Å². The summed E-state index contributed by atoms with van der Waals surface area (Å²) in [7, 11) is 0. The second kappa shape index (κ2) is 7.88. The number of hydrogen-bond donors (Lipinski definition) is 2. The van der Waals surface area contributed by atoms with Crippen LogP contribution in [0.1, 0.15) is 21.7 Å². The molecule has 136 valence electrons. The number of phenols is 2. The lowest BCUT2D eigenvalue weighted by Crippen LogP contribution is -2.10. The summed E-state index contributed by atoms with van der Waals surface area (Å²) in [6.07, 6.45) is 4.90. The molecule has 2 N–H and O–H groups in total. The Balaban J connectivity index is 2.11. The van der Waals surface area contributed by atoms with E-state index < -0.39 is 0 Å². The first-order chi connectivity index (χ1) is 13.0. The predicted molar refractivity (Wildman–Crippen MR) is 113 cm³/mol. The molecule has 6 heteroatoms. The van der Waals surface area contributed by atoms with Crippen LogP contribution in [0, 0.1) is 6.92 Å². The van der Waals surface area contributed by atoms with Gasteiger partial charge in [0.25, 0.3) is 0 Å². The van der Waals surface area contributed by atoms with E-state index in [0.29, 0.717) is 10.7 Å². The van der Waals surface area contributed by atoms with Gasteiger partial charge >= 0.3 is 0 Å². The molecule has 0 radical (unpaired) electrons. The van der Waals surface area contributed by atoms with E-state index in [1.807, 2.05) is 31.2 Å². The highest BCUT2D eigenvalue weighted by Crippen LogP contribution is 2.35. The Labute approximate surface area is 161 Å². The van der Waals surface area contributed by atoms with E-state index in [1.165, 1.54) is 35.8 Å². The third-order valence-electron chi connectivity index (χ3n) is 3.90. The molecular formula is C21H19N3O2S. The molecule has 1 heterocycles. The number of benzene rings is 2. The minimum atomic E-state index is 0.0268. The first-order valence-corrected chi connectivity index (χ1v) is 9.02. The zero-order valence-electron chi connectivity index (χ0n) is 14.8. The standard InChI is InChI=1S/C21H19N3O2S/c1-4-17-20(5-2)27-21(23-17)24(18-9-7-6-8-14(18)3)22-13-15-12-16(25)10-11-19(15)26/h4-13,25-26H,1-2H2,3H3/b22-13+. The molecule has 0 saturated heterocycles. The molecule has 5 nitrogen and oxygen atoms in total. The molecule has 0 unspecified atom stereocenters. The van der Waals surface area contributed by atoms with Gasteiger partial charge in [0.05, 0.1) is 22.5 Å². The number of aromatic nitrogens is 1. The number of hydrogen-bond acceptors (Lipinski definition) is 6. The molecule has 2 aromatic carbocycles. The molecule has 0 aliphatic heterocycles. The van der Waals surface area contributed by atoms with Crippen molar-refractivity contribution in [2.45, 2.75) is 6.92 Å². The average Bonchev–Trinajstić information content (AvgIpc) is 3.09. The summed E-state index contributed by atoms with van der Waals surface area (Å²) in [4.78, 5) is 5.50. The van der Waals surface area contributed by atoms with Crippen LogP contribution in [0.15, 0.2) is 60.7 Å². The molecule has 27 heavy (non-hydrogen) atoms. The SMILES string of the molecule is C=Cc1nc(N(/N=C/c2cc(O)ccc2O)c2ccccc2C)sc1C=C. The van der Waals surface area contributed by atoms with Gasteiger partial charge in [-0.05, 0) is 48.9 Å². The third kappa shape index (κ3) is 3.91. The smallest absolute Gasteiger partial charge is 0.211 e. The normalized spacial score (nSPS) is 10.9. The minimum absolute atomic E-state index is 0.0268. The van der Waals surface area contributed by atoms with Gasteiger partial charge in [-0.1, -0.05) is 42.7 Å². The van der Waals surface area contributed by atoms with Gasteiger partial charge in [0.15, 0.2) is 0 Å². The lowest BCUT2D eigenvalue weighted by atomic mass is 10.2. The number of thiazole rings is 1. The first-order valence-electron chi connectivity index (χ1n) is 8.21. The van der Waals surface area contributed by atoms with E-state index in [9.17, 15) is 10.2 Å². The Bertz CT molecular complexity index is 999. The Morgan fingerprint density at radius 3 is 2.56 bits per heavy atom. The topological polar surface area (TPSA) is 69.0 Å². The van der Waals surface area contributed by atoms with Gasteiger partial charge < -0.3 is 10.2 Å². The summed E-state index contributed by atoms with van der Waals surface area (Å²) in [5, 5.41) is 26.6. The van der Waals surface area contributed by atoms with Crippen molar-refractivity contribution in [3.63, 3.8) is 0 Å². The van der Waals surface area contributed by atoms with Crippen LogP contribution in [0.4, 0.5) is 10.8 Å². The fraction of sp³-hybridized carbons (Fsp3) is 0.0476. The number of para-hydroxylation sites is 1. The van der Waals surface area contributed by atoms with Crippen LogP contribution in [-0.2, 0) is 0 Å². The number of phenolic OH excluding ortho intramolecular Hbond substituents is 2. The Kier molecular flexibility index (Phi) is 5.38. The molecule has 3 rings (SSSR count). The molecule has 0 fully saturated rings. The summed E-state index contributed by atoms with van der Waals surface area (Å²) in [6.45, 7) is 9.60. The number of aromatic hydroxyl groups is 2. The van der Waals surface area contributed by atoms with Gasteiger partial charge in [-0.15, -0.1) is 0 Å². The van der Waals surface area contributed by atoms with Crippen LogP contribution in [0.5, 0.6) is 11.5 Å². The Morgan fingerprint density at radius 1 is 1.11 bits per heavy atom. The fourth-order valence-electron chi connectivity index (χ4n) is 2.50. The van der Waals surface area contributed by atoms with Crippen LogP contribution in [0.25, 0.3) is 12.2 Å². The highest BCUT2D eigenvalue weighted by molar-refractivity contribution is 7.16. The largest absolute Gasteiger partial charge is 0.508 e. The van der Waals surface area contributed by atoms with Crippen molar-refractivity contribution in [2.75, 3.05) is 5.01 Å². The molecule has 0 atom stereocenters. The number of anilines is 2. The van der Waals surface area contributed by atoms with Crippen molar-refractivity contribution in [3.8, 4) is 11.5 Å². The second-order valence-corrected chi connectivity index (χ2v) is 6.75. The minimum Gasteiger partial charge on any atom is -0.508 e. The van der Waals surface area contributed by atoms with E-state index in [2.05, 4.69) is 23.2 Å². The van der Waals surface area contributed by atoms with Crippen molar-refractivity contribution >= 4 is 40.5 Å². The lowest BCUT2D eigenvalue weighted by molar-refractivity contribution is 0.459. The van der Waals surface area contributed by atoms with Crippen LogP contribution in [0.3, 0.4) is 0 Å². The first kappa shape index (κ1) is 18.4. The fourth-order valence-corrected chi connectivity index (χ4v) is 3.39. The maximum Gasteiger partial charge on any atom is 0.211 e. The summed E-state index contributed by atoms with van der Waals surface area (Å²) in [5.74, 6) is 0.0767. The third-order valence-corrected chi connectivity index (χ3v) is 4.94. The van der Waals surface area contributed by atoms with Gasteiger partial charge in [-0.3, -0.25) is 0 Å². The molecular weight excluding hydrogens is 358 g/mol. The maximum atomic E-state index is 10.0. The van der Waals surface area contributed by atoms with Crippen molar-refractivity contribution in [1.29, 1.82) is 0 Å². The molecule has 0 bridgehead atoms. The van der Waals surface area contributed by atoms with E-state index >= 15 is 0 Å². The number of nitrogens with zero attached hydrogens (tertiary/aromatic N) is 3.